The summed E-state index contributed by atoms with van der Waals surface area (Å²) in [5.74, 6) is 1.63. The van der Waals surface area contributed by atoms with Gasteiger partial charge in [-0.3, -0.25) is 19.7 Å². The second-order valence-electron chi connectivity index (χ2n) is 6.64. The Hall–Kier alpha value is -2.37. The molecule has 2 aliphatic heterocycles. The fraction of sp³-hybridized carbons (Fsp3) is 0.526. The number of hydrogen-bond acceptors (Lipinski definition) is 5. The molecule has 0 atom stereocenters. The van der Waals surface area contributed by atoms with Crippen LogP contribution in [0.25, 0.3) is 0 Å². The number of rotatable bonds is 1. The van der Waals surface area contributed by atoms with Crippen molar-refractivity contribution in [2.45, 2.75) is 50.9 Å². The van der Waals surface area contributed by atoms with Crippen molar-refractivity contribution in [2.75, 3.05) is 18.5 Å². The van der Waals surface area contributed by atoms with Crippen LogP contribution >= 0.6 is 0 Å². The van der Waals surface area contributed by atoms with Crippen molar-refractivity contribution in [1.82, 2.24) is 5.32 Å². The van der Waals surface area contributed by atoms with E-state index in [9.17, 15) is 14.4 Å². The van der Waals surface area contributed by atoms with Crippen molar-refractivity contribution in [3.63, 3.8) is 0 Å². The van der Waals surface area contributed by atoms with Crippen molar-refractivity contribution >= 4 is 23.3 Å². The minimum Gasteiger partial charge on any atom is -0.489 e. The minimum atomic E-state index is -0.138. The molecule has 3 aliphatic rings. The van der Waals surface area contributed by atoms with Crippen LogP contribution in [0, 0.1) is 0 Å². The van der Waals surface area contributed by atoms with Gasteiger partial charge < -0.3 is 10.1 Å². The lowest BCUT2D eigenvalue weighted by Crippen LogP contribution is -2.33. The number of fused-ring (bicyclic) bond motifs is 1. The highest BCUT2D eigenvalue weighted by Gasteiger charge is 2.25. The molecule has 4 rings (SSSR count). The lowest BCUT2D eigenvalue weighted by atomic mass is 9.83. The Morgan fingerprint density at radius 2 is 1.68 bits per heavy atom. The molecule has 1 saturated heterocycles. The van der Waals surface area contributed by atoms with E-state index in [0.717, 1.165) is 50.3 Å². The van der Waals surface area contributed by atoms with E-state index >= 15 is 0 Å². The molecule has 2 N–H and O–H groups in total. The SMILES string of the molecule is O=C1CCC(c2cccc3c2OCCN3)CC1.O=C1CCCC(=O)N1. The van der Waals surface area contributed by atoms with Gasteiger partial charge in [-0.2, -0.15) is 0 Å². The molecule has 134 valence electrons. The zero-order chi connectivity index (χ0) is 17.6. The van der Waals surface area contributed by atoms with E-state index in [1.807, 2.05) is 0 Å². The second-order valence-corrected chi connectivity index (χ2v) is 6.64. The van der Waals surface area contributed by atoms with Gasteiger partial charge in [-0.1, -0.05) is 12.1 Å². The summed E-state index contributed by atoms with van der Waals surface area (Å²) in [6.45, 7) is 1.61. The predicted molar refractivity (Wildman–Crippen MR) is 93.6 cm³/mol. The summed E-state index contributed by atoms with van der Waals surface area (Å²) in [6.07, 6.45) is 5.11. The number of hydrogen-bond donors (Lipinski definition) is 2. The van der Waals surface area contributed by atoms with Gasteiger partial charge >= 0.3 is 0 Å². The van der Waals surface area contributed by atoms with Crippen LogP contribution in [0.3, 0.4) is 0 Å². The summed E-state index contributed by atoms with van der Waals surface area (Å²) in [7, 11) is 0. The maximum atomic E-state index is 11.3. The first-order chi connectivity index (χ1) is 12.1. The molecule has 1 aromatic carbocycles. The van der Waals surface area contributed by atoms with Gasteiger partial charge in [0, 0.05) is 32.2 Å². The first kappa shape index (κ1) is 17.5. The number of imide groups is 1. The van der Waals surface area contributed by atoms with E-state index in [1.54, 1.807) is 0 Å². The Kier molecular flexibility index (Phi) is 5.68. The average Bonchev–Trinajstić information content (AvgIpc) is 2.62. The number of carbonyl (C=O) groups is 3. The lowest BCUT2D eigenvalue weighted by molar-refractivity contribution is -0.133. The van der Waals surface area contributed by atoms with Crippen molar-refractivity contribution in [3.05, 3.63) is 23.8 Å². The van der Waals surface area contributed by atoms with Crippen LogP contribution < -0.4 is 15.4 Å². The van der Waals surface area contributed by atoms with E-state index < -0.39 is 0 Å². The number of ketones is 1. The highest BCUT2D eigenvalue weighted by Crippen LogP contribution is 2.41. The Balaban J connectivity index is 0.000000192. The fourth-order valence-electron chi connectivity index (χ4n) is 3.46. The average molecular weight is 344 g/mol. The molecule has 25 heavy (non-hydrogen) atoms. The third kappa shape index (κ3) is 4.59. The molecule has 1 saturated carbocycles. The van der Waals surface area contributed by atoms with Gasteiger partial charge in [-0.05, 0) is 36.8 Å². The third-order valence-electron chi connectivity index (χ3n) is 4.78. The number of benzene rings is 1. The van der Waals surface area contributed by atoms with Crippen molar-refractivity contribution in [3.8, 4) is 5.75 Å². The van der Waals surface area contributed by atoms with Gasteiger partial charge in [0.2, 0.25) is 11.8 Å². The van der Waals surface area contributed by atoms with Crippen molar-refractivity contribution < 1.29 is 19.1 Å². The molecule has 0 radical (unpaired) electrons. The molecule has 1 aliphatic carbocycles. The second kappa shape index (κ2) is 8.14. The van der Waals surface area contributed by atoms with Crippen LogP contribution in [0.4, 0.5) is 5.69 Å². The summed E-state index contributed by atoms with van der Waals surface area (Å²) < 4.78 is 5.79. The van der Waals surface area contributed by atoms with Gasteiger partial charge in [0.1, 0.15) is 18.1 Å². The summed E-state index contributed by atoms with van der Waals surface area (Å²) in [5, 5.41) is 5.56. The number of ether oxygens (including phenoxy) is 1. The molecule has 2 amide bonds. The van der Waals surface area contributed by atoms with E-state index in [4.69, 9.17) is 4.74 Å². The van der Waals surface area contributed by atoms with Gasteiger partial charge in [0.15, 0.2) is 0 Å². The van der Waals surface area contributed by atoms with E-state index in [-0.39, 0.29) is 11.8 Å². The molecule has 6 nitrogen and oxygen atoms in total. The summed E-state index contributed by atoms with van der Waals surface area (Å²) in [6, 6.07) is 6.28. The topological polar surface area (TPSA) is 84.5 Å². The summed E-state index contributed by atoms with van der Waals surface area (Å²) >= 11 is 0. The molecule has 0 spiro atoms. The molecule has 0 aromatic heterocycles. The van der Waals surface area contributed by atoms with Crippen LogP contribution in [0.15, 0.2) is 18.2 Å². The number of Topliss-reactive ketones (excluding diaryl/α,β-unsaturated/α-hetero) is 1. The molecular weight excluding hydrogens is 320 g/mol. The maximum Gasteiger partial charge on any atom is 0.226 e. The summed E-state index contributed by atoms with van der Waals surface area (Å²) in [5.41, 5.74) is 2.38. The summed E-state index contributed by atoms with van der Waals surface area (Å²) in [4.78, 5) is 32.0. The number of amides is 2. The zero-order valence-electron chi connectivity index (χ0n) is 14.3. The smallest absolute Gasteiger partial charge is 0.226 e. The highest BCUT2D eigenvalue weighted by atomic mass is 16.5. The Morgan fingerprint density at radius 3 is 2.32 bits per heavy atom. The van der Waals surface area contributed by atoms with Crippen LogP contribution in [-0.2, 0) is 14.4 Å². The predicted octanol–water partition coefficient (Wildman–Crippen LogP) is 2.53. The van der Waals surface area contributed by atoms with Crippen LogP contribution in [0.1, 0.15) is 56.4 Å². The van der Waals surface area contributed by atoms with Gasteiger partial charge in [-0.15, -0.1) is 0 Å². The molecule has 0 bridgehead atoms. The third-order valence-corrected chi connectivity index (χ3v) is 4.78. The van der Waals surface area contributed by atoms with Crippen molar-refractivity contribution in [2.24, 2.45) is 0 Å². The van der Waals surface area contributed by atoms with Gasteiger partial charge in [-0.25, -0.2) is 0 Å². The first-order valence-corrected chi connectivity index (χ1v) is 8.97. The van der Waals surface area contributed by atoms with Gasteiger partial charge in [0.05, 0.1) is 5.69 Å². The van der Waals surface area contributed by atoms with Gasteiger partial charge in [0.25, 0.3) is 0 Å². The lowest BCUT2D eigenvalue weighted by Gasteiger charge is -2.27. The van der Waals surface area contributed by atoms with E-state index in [2.05, 4.69) is 28.8 Å². The van der Waals surface area contributed by atoms with Crippen LogP contribution in [-0.4, -0.2) is 30.7 Å². The largest absolute Gasteiger partial charge is 0.489 e. The van der Waals surface area contributed by atoms with E-state index in [1.165, 1.54) is 5.56 Å². The number of anilines is 1. The normalized spacial score (nSPS) is 20.4. The number of nitrogens with one attached hydrogen (secondary N) is 2. The minimum absolute atomic E-state index is 0.138. The number of piperidine rings is 1. The monoisotopic (exact) mass is 344 g/mol. The molecule has 6 heteroatoms. The van der Waals surface area contributed by atoms with E-state index in [0.29, 0.717) is 31.0 Å². The molecule has 2 heterocycles. The zero-order valence-corrected chi connectivity index (χ0v) is 14.3. The molecule has 0 unspecified atom stereocenters. The Labute approximate surface area is 147 Å². The fourth-order valence-corrected chi connectivity index (χ4v) is 3.46. The first-order valence-electron chi connectivity index (χ1n) is 8.97. The Morgan fingerprint density at radius 1 is 0.960 bits per heavy atom. The standard InChI is InChI=1S/C14H17NO2.C5H7NO2/c16-11-6-4-10(5-7-11)12-2-1-3-13-14(12)17-9-8-15-13;7-4-2-1-3-5(8)6-4/h1-3,10,15H,4-9H2;1-3H2,(H,6,7,8). The molecule has 1 aromatic rings. The van der Waals surface area contributed by atoms with Crippen LogP contribution in [0.2, 0.25) is 0 Å². The maximum absolute atomic E-state index is 11.3. The highest BCUT2D eigenvalue weighted by molar-refractivity contribution is 5.97. The molecule has 2 fully saturated rings. The Bertz CT molecular complexity index is 647. The molecular formula is C19H24N2O4. The quantitative estimate of drug-likeness (QED) is 0.765. The number of carbonyl (C=O) groups excluding carboxylic acids is 3. The van der Waals surface area contributed by atoms with Crippen molar-refractivity contribution in [1.29, 1.82) is 0 Å². The number of para-hydroxylation sites is 1. The van der Waals surface area contributed by atoms with Crippen LogP contribution in [0.5, 0.6) is 5.75 Å².